The number of rotatable bonds is 5. The summed E-state index contributed by atoms with van der Waals surface area (Å²) in [4.78, 5) is 0. The molecule has 1 nitrogen and oxygen atoms in total. The largest absolute Gasteiger partial charge is 0.573 e. The van der Waals surface area contributed by atoms with Crippen LogP contribution in [0.5, 0.6) is 5.75 Å². The summed E-state index contributed by atoms with van der Waals surface area (Å²) in [7, 11) is 0. The minimum Gasteiger partial charge on any atom is -0.399 e. The first-order valence-corrected chi connectivity index (χ1v) is 10.7. The molecule has 0 heterocycles. The van der Waals surface area contributed by atoms with Crippen LogP contribution in [-0.2, 0) is 12.8 Å². The van der Waals surface area contributed by atoms with Gasteiger partial charge in [-0.05, 0) is 83.5 Å². The standard InChI is InChI=1S/C26H18F8O/c1-2-3-13-6-20(28)24(21(29)7-13)15-5-4-14-9-18(19(27)10-16(14)8-15)17-11-22(30)25(23(31)12-17)35-26(32,33)34/h6-12H,2-5H2,1H3. The van der Waals surface area contributed by atoms with Gasteiger partial charge >= 0.3 is 6.36 Å². The fourth-order valence-corrected chi connectivity index (χ4v) is 4.23. The van der Waals surface area contributed by atoms with Crippen LogP contribution in [0.2, 0.25) is 0 Å². The van der Waals surface area contributed by atoms with Crippen molar-refractivity contribution in [3.8, 4) is 16.9 Å². The predicted molar refractivity (Wildman–Crippen MR) is 115 cm³/mol. The average Bonchev–Trinajstić information content (AvgIpc) is 2.74. The van der Waals surface area contributed by atoms with Gasteiger partial charge in [-0.25, -0.2) is 22.0 Å². The van der Waals surface area contributed by atoms with Gasteiger partial charge < -0.3 is 4.74 Å². The summed E-state index contributed by atoms with van der Waals surface area (Å²) in [6, 6.07) is 6.01. The van der Waals surface area contributed by atoms with E-state index in [1.807, 2.05) is 6.92 Å². The third kappa shape index (κ3) is 5.18. The van der Waals surface area contributed by atoms with Crippen molar-refractivity contribution in [3.63, 3.8) is 0 Å². The summed E-state index contributed by atoms with van der Waals surface area (Å²) < 4.78 is 113. The Hall–Kier alpha value is -3.36. The molecule has 0 atom stereocenters. The van der Waals surface area contributed by atoms with Gasteiger partial charge in [0.2, 0.25) is 5.75 Å². The first kappa shape index (κ1) is 24.8. The van der Waals surface area contributed by atoms with E-state index in [2.05, 4.69) is 4.74 Å². The topological polar surface area (TPSA) is 9.23 Å². The molecular weight excluding hydrogens is 480 g/mol. The van der Waals surface area contributed by atoms with Crippen LogP contribution in [-0.4, -0.2) is 6.36 Å². The molecule has 3 aromatic rings. The van der Waals surface area contributed by atoms with E-state index >= 15 is 0 Å². The molecule has 0 unspecified atom stereocenters. The fourth-order valence-electron chi connectivity index (χ4n) is 4.23. The third-order valence-electron chi connectivity index (χ3n) is 5.71. The highest BCUT2D eigenvalue weighted by Gasteiger charge is 2.34. The zero-order valence-electron chi connectivity index (χ0n) is 18.3. The Balaban J connectivity index is 1.71. The molecule has 1 aliphatic rings. The lowest BCUT2D eigenvalue weighted by Crippen LogP contribution is -2.19. The molecule has 0 saturated carbocycles. The van der Waals surface area contributed by atoms with Gasteiger partial charge in [-0.15, -0.1) is 13.2 Å². The molecule has 0 N–H and O–H groups in total. The molecule has 184 valence electrons. The number of allylic oxidation sites excluding steroid dienone is 1. The van der Waals surface area contributed by atoms with Crippen LogP contribution < -0.4 is 4.74 Å². The summed E-state index contributed by atoms with van der Waals surface area (Å²) in [5, 5.41) is 0. The van der Waals surface area contributed by atoms with Gasteiger partial charge in [-0.2, -0.15) is 0 Å². The Morgan fingerprint density at radius 1 is 0.771 bits per heavy atom. The molecule has 3 aromatic carbocycles. The van der Waals surface area contributed by atoms with Crippen LogP contribution in [0.25, 0.3) is 22.8 Å². The first-order chi connectivity index (χ1) is 16.5. The highest BCUT2D eigenvalue weighted by molar-refractivity contribution is 5.86. The van der Waals surface area contributed by atoms with Gasteiger partial charge in [0.05, 0.1) is 0 Å². The molecule has 9 heteroatoms. The van der Waals surface area contributed by atoms with Gasteiger partial charge in [0, 0.05) is 11.1 Å². The lowest BCUT2D eigenvalue weighted by Gasteiger charge is -2.20. The lowest BCUT2D eigenvalue weighted by molar-refractivity contribution is -0.276. The number of benzene rings is 3. The molecule has 35 heavy (non-hydrogen) atoms. The van der Waals surface area contributed by atoms with Gasteiger partial charge in [0.15, 0.2) is 11.6 Å². The molecule has 0 aromatic heterocycles. The van der Waals surface area contributed by atoms with Crippen LogP contribution >= 0.6 is 0 Å². The van der Waals surface area contributed by atoms with Crippen LogP contribution in [0.3, 0.4) is 0 Å². The summed E-state index contributed by atoms with van der Waals surface area (Å²) in [5.74, 6) is -7.27. The monoisotopic (exact) mass is 498 g/mol. The van der Waals surface area contributed by atoms with Crippen molar-refractivity contribution in [1.82, 2.24) is 0 Å². The second kappa shape index (κ2) is 9.36. The quantitative estimate of drug-likeness (QED) is 0.321. The SMILES string of the molecule is CCCc1cc(F)c(C2=Cc3cc(F)c(-c4cc(F)c(OC(F)(F)F)c(F)c4)cc3CC2)c(F)c1. The maximum Gasteiger partial charge on any atom is 0.573 e. The minimum atomic E-state index is -5.31. The summed E-state index contributed by atoms with van der Waals surface area (Å²) in [6.07, 6.45) is -2.13. The van der Waals surface area contributed by atoms with Gasteiger partial charge in [0.1, 0.15) is 17.5 Å². The van der Waals surface area contributed by atoms with Crippen molar-refractivity contribution in [2.75, 3.05) is 0 Å². The molecule has 1 aliphatic carbocycles. The van der Waals surface area contributed by atoms with Crippen molar-refractivity contribution < 1.29 is 39.9 Å². The van der Waals surface area contributed by atoms with Gasteiger partial charge in [-0.1, -0.05) is 19.4 Å². The molecule has 0 amide bonds. The summed E-state index contributed by atoms with van der Waals surface area (Å²) in [5.41, 5.74) is 1.00. The van der Waals surface area contributed by atoms with E-state index in [1.165, 1.54) is 24.3 Å². The number of ether oxygens (including phenoxy) is 1. The molecular formula is C26H18F8O. The molecule has 0 radical (unpaired) electrons. The van der Waals surface area contributed by atoms with E-state index in [4.69, 9.17) is 0 Å². The number of hydrogen-bond donors (Lipinski definition) is 0. The zero-order chi connectivity index (χ0) is 25.5. The molecule has 0 bridgehead atoms. The van der Waals surface area contributed by atoms with Crippen molar-refractivity contribution in [2.24, 2.45) is 0 Å². The maximum atomic E-state index is 14.9. The highest BCUT2D eigenvalue weighted by atomic mass is 19.4. The average molecular weight is 498 g/mol. The van der Waals surface area contributed by atoms with Crippen LogP contribution in [0, 0.1) is 29.1 Å². The Morgan fingerprint density at radius 2 is 1.40 bits per heavy atom. The number of halogens is 8. The summed E-state index contributed by atoms with van der Waals surface area (Å²) >= 11 is 0. The Labute approximate surface area is 195 Å². The number of fused-ring (bicyclic) bond motifs is 1. The number of aryl methyl sites for hydroxylation is 2. The van der Waals surface area contributed by atoms with Crippen LogP contribution in [0.1, 0.15) is 42.0 Å². The predicted octanol–water partition coefficient (Wildman–Crippen LogP) is 8.39. The third-order valence-corrected chi connectivity index (χ3v) is 5.71. The smallest absolute Gasteiger partial charge is 0.399 e. The molecule has 0 aliphatic heterocycles. The maximum absolute atomic E-state index is 14.9. The van der Waals surface area contributed by atoms with Crippen molar-refractivity contribution in [2.45, 2.75) is 39.0 Å². The van der Waals surface area contributed by atoms with E-state index in [-0.39, 0.29) is 29.5 Å². The van der Waals surface area contributed by atoms with Crippen molar-refractivity contribution in [1.29, 1.82) is 0 Å². The highest BCUT2D eigenvalue weighted by Crippen LogP contribution is 2.38. The Kier molecular flexibility index (Phi) is 6.62. The first-order valence-electron chi connectivity index (χ1n) is 10.7. The Bertz CT molecular complexity index is 1280. The van der Waals surface area contributed by atoms with Crippen molar-refractivity contribution in [3.05, 3.63) is 87.7 Å². The normalized spacial score (nSPS) is 13.5. The molecule has 0 saturated heterocycles. The van der Waals surface area contributed by atoms with E-state index in [9.17, 15) is 35.1 Å². The fraction of sp³-hybridized carbons (Fsp3) is 0.231. The van der Waals surface area contributed by atoms with Crippen LogP contribution in [0.15, 0.2) is 36.4 Å². The summed E-state index contributed by atoms with van der Waals surface area (Å²) in [6.45, 7) is 1.89. The second-order valence-electron chi connectivity index (χ2n) is 8.20. The van der Waals surface area contributed by atoms with E-state index in [1.54, 1.807) is 0 Å². The molecule has 4 rings (SSSR count). The van der Waals surface area contributed by atoms with Gasteiger partial charge in [-0.3, -0.25) is 0 Å². The van der Waals surface area contributed by atoms with Crippen molar-refractivity contribution >= 4 is 11.6 Å². The second-order valence-corrected chi connectivity index (χ2v) is 8.20. The zero-order valence-corrected chi connectivity index (χ0v) is 18.3. The van der Waals surface area contributed by atoms with Crippen LogP contribution in [0.4, 0.5) is 35.1 Å². The Morgan fingerprint density at radius 3 is 1.97 bits per heavy atom. The van der Waals surface area contributed by atoms with E-state index in [0.717, 1.165) is 12.5 Å². The number of alkyl halides is 3. The number of hydrogen-bond acceptors (Lipinski definition) is 1. The minimum absolute atomic E-state index is 0.190. The van der Waals surface area contributed by atoms with E-state index in [0.29, 0.717) is 40.8 Å². The lowest BCUT2D eigenvalue weighted by atomic mass is 9.86. The van der Waals surface area contributed by atoms with Gasteiger partial charge in [0.25, 0.3) is 0 Å². The van der Waals surface area contributed by atoms with E-state index < -0.39 is 41.2 Å². The molecule has 0 spiro atoms. The molecule has 0 fully saturated rings.